The Morgan fingerprint density at radius 3 is 0.940 bits per heavy atom. The molecule has 0 saturated carbocycles. The van der Waals surface area contributed by atoms with Gasteiger partial charge in [-0.1, -0.05) is 200 Å². The number of allylic oxidation sites excluding steroid dienone is 20. The van der Waals surface area contributed by atoms with Crippen molar-refractivity contribution in [1.29, 1.82) is 0 Å². The smallest absolute Gasteiger partial charge is 0.306 e. The van der Waals surface area contributed by atoms with Crippen LogP contribution in [0.5, 0.6) is 0 Å². The van der Waals surface area contributed by atoms with Crippen molar-refractivity contribution >= 4 is 17.9 Å². The molecule has 6 heteroatoms. The Morgan fingerprint density at radius 1 is 0.313 bits per heavy atom. The lowest BCUT2D eigenvalue weighted by Crippen LogP contribution is -2.30. The summed E-state index contributed by atoms with van der Waals surface area (Å²) in [6.45, 7) is 6.33. The van der Waals surface area contributed by atoms with Gasteiger partial charge in [-0.05, 0) is 128 Å². The van der Waals surface area contributed by atoms with E-state index in [0.29, 0.717) is 12.8 Å². The fourth-order valence-electron chi connectivity index (χ4n) is 6.92. The second kappa shape index (κ2) is 54.4. The first-order chi connectivity index (χ1) is 33.0. The van der Waals surface area contributed by atoms with Crippen LogP contribution in [0.25, 0.3) is 0 Å². The molecule has 0 radical (unpaired) electrons. The van der Waals surface area contributed by atoms with E-state index < -0.39 is 6.10 Å². The van der Waals surface area contributed by atoms with Gasteiger partial charge in [0.05, 0.1) is 0 Å². The maximum absolute atomic E-state index is 12.8. The van der Waals surface area contributed by atoms with Crippen molar-refractivity contribution in [3.8, 4) is 0 Å². The normalized spacial score (nSPS) is 13.1. The van der Waals surface area contributed by atoms with Crippen LogP contribution in [-0.4, -0.2) is 37.2 Å². The molecule has 0 aliphatic heterocycles. The van der Waals surface area contributed by atoms with Crippen LogP contribution in [0, 0.1) is 0 Å². The van der Waals surface area contributed by atoms with Crippen molar-refractivity contribution in [3.05, 3.63) is 122 Å². The van der Waals surface area contributed by atoms with Crippen LogP contribution in [0.3, 0.4) is 0 Å². The monoisotopic (exact) mass is 927 g/mol. The third-order valence-corrected chi connectivity index (χ3v) is 10.9. The molecule has 0 spiro atoms. The SMILES string of the molecule is CC/C=C\C/C=C\C/C=C\C/C=C\C/C=C\CCCCCC(=O)OCC(COC(=O)CCCCCCC/C=C\CCCCCC)OC(=O)CCCCCC/C=C\C/C=C\C/C=C\C/C=C\CC. The third-order valence-electron chi connectivity index (χ3n) is 10.9. The first-order valence-electron chi connectivity index (χ1n) is 27.0. The summed E-state index contributed by atoms with van der Waals surface area (Å²) in [5.74, 6) is -0.977. The minimum atomic E-state index is -0.811. The molecule has 0 aromatic heterocycles. The van der Waals surface area contributed by atoms with Crippen molar-refractivity contribution < 1.29 is 28.6 Å². The minimum Gasteiger partial charge on any atom is -0.462 e. The summed E-state index contributed by atoms with van der Waals surface area (Å²) in [5.41, 5.74) is 0. The zero-order valence-corrected chi connectivity index (χ0v) is 43.1. The van der Waals surface area contributed by atoms with E-state index in [0.717, 1.165) is 148 Å². The first kappa shape index (κ1) is 62.8. The summed E-state index contributed by atoms with van der Waals surface area (Å²) in [6, 6.07) is 0. The zero-order chi connectivity index (χ0) is 48.6. The van der Waals surface area contributed by atoms with E-state index in [4.69, 9.17) is 14.2 Å². The molecule has 1 atom stereocenters. The molecule has 67 heavy (non-hydrogen) atoms. The van der Waals surface area contributed by atoms with E-state index in [1.807, 2.05) is 0 Å². The van der Waals surface area contributed by atoms with Gasteiger partial charge in [-0.25, -0.2) is 0 Å². The number of carbonyl (C=O) groups is 3. The van der Waals surface area contributed by atoms with Gasteiger partial charge in [-0.2, -0.15) is 0 Å². The standard InChI is InChI=1S/C61H98O6/c1-4-7-10-13-16-19-22-25-27-29-30-32-33-36-39-42-45-48-51-54-60(63)66-57-58(56-65-59(62)53-50-47-44-41-38-35-24-21-18-15-12-9-6-3)67-61(64)55-52-49-46-43-40-37-34-31-28-26-23-20-17-14-11-8-5-2/h7-8,10-11,16-17,19-21,24-28,30,32,34,36-37,39,58H,4-6,9,12-15,18,22-23,29,31,33,35,38,40-57H2,1-3H3/b10-7-,11-8-,19-16-,20-17-,24-21-,27-25-,28-26-,32-30-,37-34-,39-36-. The lowest BCUT2D eigenvalue weighted by Gasteiger charge is -2.18. The molecule has 0 aliphatic carbocycles. The highest BCUT2D eigenvalue weighted by Crippen LogP contribution is 2.13. The van der Waals surface area contributed by atoms with E-state index in [9.17, 15) is 14.4 Å². The van der Waals surface area contributed by atoms with Crippen molar-refractivity contribution in [2.45, 2.75) is 232 Å². The summed E-state index contributed by atoms with van der Waals surface area (Å²) in [6.07, 6.45) is 74.6. The Hall–Kier alpha value is -4.19. The molecule has 0 saturated heterocycles. The van der Waals surface area contributed by atoms with Crippen LogP contribution >= 0.6 is 0 Å². The average Bonchev–Trinajstić information content (AvgIpc) is 3.33. The Bertz CT molecular complexity index is 1440. The number of hydrogen-bond acceptors (Lipinski definition) is 6. The van der Waals surface area contributed by atoms with Gasteiger partial charge in [0.1, 0.15) is 13.2 Å². The number of carbonyl (C=O) groups excluding carboxylic acids is 3. The van der Waals surface area contributed by atoms with Crippen molar-refractivity contribution in [3.63, 3.8) is 0 Å². The van der Waals surface area contributed by atoms with Gasteiger partial charge in [-0.15, -0.1) is 0 Å². The van der Waals surface area contributed by atoms with Crippen molar-refractivity contribution in [2.75, 3.05) is 13.2 Å². The molecule has 0 bridgehead atoms. The van der Waals surface area contributed by atoms with Crippen LogP contribution in [0.4, 0.5) is 0 Å². The van der Waals surface area contributed by atoms with Crippen molar-refractivity contribution in [1.82, 2.24) is 0 Å². The van der Waals surface area contributed by atoms with Crippen LogP contribution in [0.15, 0.2) is 122 Å². The summed E-state index contributed by atoms with van der Waals surface area (Å²) in [7, 11) is 0. The van der Waals surface area contributed by atoms with Gasteiger partial charge in [0.2, 0.25) is 0 Å². The summed E-state index contributed by atoms with van der Waals surface area (Å²) >= 11 is 0. The maximum Gasteiger partial charge on any atom is 0.306 e. The summed E-state index contributed by atoms with van der Waals surface area (Å²) < 4.78 is 16.8. The molecule has 0 rings (SSSR count). The van der Waals surface area contributed by atoms with E-state index >= 15 is 0 Å². The molecule has 0 aromatic carbocycles. The fraction of sp³-hybridized carbons (Fsp3) is 0.623. The largest absolute Gasteiger partial charge is 0.462 e. The molecule has 0 N–H and O–H groups in total. The number of esters is 3. The quantitative estimate of drug-likeness (QED) is 0.0262. The lowest BCUT2D eigenvalue weighted by atomic mass is 10.1. The second-order valence-corrected chi connectivity index (χ2v) is 17.4. The lowest BCUT2D eigenvalue weighted by molar-refractivity contribution is -0.167. The van der Waals surface area contributed by atoms with E-state index in [1.165, 1.54) is 38.5 Å². The molecule has 6 nitrogen and oxygen atoms in total. The summed E-state index contributed by atoms with van der Waals surface area (Å²) in [5, 5.41) is 0. The first-order valence-corrected chi connectivity index (χ1v) is 27.0. The Kier molecular flexibility index (Phi) is 51.0. The van der Waals surface area contributed by atoms with E-state index in [-0.39, 0.29) is 37.5 Å². The van der Waals surface area contributed by atoms with Crippen LogP contribution in [0.1, 0.15) is 226 Å². The molecule has 0 aliphatic rings. The van der Waals surface area contributed by atoms with Gasteiger partial charge in [0.15, 0.2) is 6.10 Å². The molecule has 0 amide bonds. The number of unbranched alkanes of at least 4 members (excludes halogenated alkanes) is 16. The highest BCUT2D eigenvalue weighted by Gasteiger charge is 2.19. The van der Waals surface area contributed by atoms with Gasteiger partial charge >= 0.3 is 17.9 Å². The highest BCUT2D eigenvalue weighted by molar-refractivity contribution is 5.71. The predicted molar refractivity (Wildman–Crippen MR) is 288 cm³/mol. The summed E-state index contributed by atoms with van der Waals surface area (Å²) in [4.78, 5) is 38.1. The molecule has 1 unspecified atom stereocenters. The molecule has 0 aromatic rings. The highest BCUT2D eigenvalue weighted by atomic mass is 16.6. The topological polar surface area (TPSA) is 78.9 Å². The molecular weight excluding hydrogens is 829 g/mol. The molecule has 0 fully saturated rings. The number of rotatable bonds is 47. The maximum atomic E-state index is 12.8. The molecule has 0 heterocycles. The number of hydrogen-bond donors (Lipinski definition) is 0. The van der Waals surface area contributed by atoms with E-state index in [2.05, 4.69) is 142 Å². The number of ether oxygens (including phenoxy) is 3. The Balaban J connectivity index is 4.52. The van der Waals surface area contributed by atoms with Gasteiger partial charge in [0.25, 0.3) is 0 Å². The Labute approximate surface area is 412 Å². The van der Waals surface area contributed by atoms with E-state index in [1.54, 1.807) is 0 Å². The van der Waals surface area contributed by atoms with Crippen molar-refractivity contribution in [2.24, 2.45) is 0 Å². The van der Waals surface area contributed by atoms with Gasteiger partial charge < -0.3 is 14.2 Å². The minimum absolute atomic E-state index is 0.106. The third kappa shape index (κ3) is 52.6. The van der Waals surface area contributed by atoms with Crippen LogP contribution in [-0.2, 0) is 28.6 Å². The Morgan fingerprint density at radius 2 is 0.582 bits per heavy atom. The fourth-order valence-corrected chi connectivity index (χ4v) is 6.92. The van der Waals surface area contributed by atoms with Gasteiger partial charge in [0, 0.05) is 19.3 Å². The molecular formula is C61H98O6. The van der Waals surface area contributed by atoms with Crippen LogP contribution < -0.4 is 0 Å². The molecule has 378 valence electrons. The van der Waals surface area contributed by atoms with Gasteiger partial charge in [-0.3, -0.25) is 14.4 Å². The predicted octanol–water partition coefficient (Wildman–Crippen LogP) is 18.1. The van der Waals surface area contributed by atoms with Crippen LogP contribution in [0.2, 0.25) is 0 Å². The zero-order valence-electron chi connectivity index (χ0n) is 43.1. The average molecular weight is 927 g/mol. The second-order valence-electron chi connectivity index (χ2n) is 17.4.